The normalized spacial score (nSPS) is 23.8. The molecular formula is C21H20ClN3O3. The molecule has 3 atom stereocenters. The number of nitrogens with one attached hydrogen (secondary N) is 3. The van der Waals surface area contributed by atoms with Crippen LogP contribution in [0.15, 0.2) is 59.4 Å². The minimum atomic E-state index is -1.36. The number of rotatable bonds is 3. The number of aromatic nitrogens is 2. The van der Waals surface area contributed by atoms with Crippen LogP contribution in [0.3, 0.4) is 0 Å². The second kappa shape index (κ2) is 6.96. The summed E-state index contributed by atoms with van der Waals surface area (Å²) >= 11 is 6.02. The highest BCUT2D eigenvalue weighted by Crippen LogP contribution is 2.44. The van der Waals surface area contributed by atoms with Gasteiger partial charge in [0.15, 0.2) is 0 Å². The van der Waals surface area contributed by atoms with E-state index in [1.165, 1.54) is 0 Å². The zero-order valence-corrected chi connectivity index (χ0v) is 16.0. The fraction of sp³-hybridized carbons (Fsp3) is 0.238. The van der Waals surface area contributed by atoms with Crippen LogP contribution in [0.4, 0.5) is 5.69 Å². The maximum Gasteiger partial charge on any atom is 0.267 e. The minimum Gasteiger partial charge on any atom is -0.389 e. The molecule has 0 fully saturated rings. The van der Waals surface area contributed by atoms with Gasteiger partial charge in [-0.15, -0.1) is 0 Å². The highest BCUT2D eigenvalue weighted by atomic mass is 35.5. The molecule has 0 spiro atoms. The standard InChI is InChI=1S/C21H20ClN3O3/c1-21(28)11-15-17(19(26)25-24-15)16(12-7-9-13(22)10-8-12)18(21)20(27)23-14-5-3-2-4-6-14/h2-10,16,18,28H,11H2,1H3,(H,23,27)(H2,24,25,26)/t16-,18-,21+/m1/s1. The smallest absolute Gasteiger partial charge is 0.267 e. The van der Waals surface area contributed by atoms with E-state index in [-0.39, 0.29) is 17.9 Å². The minimum absolute atomic E-state index is 0.165. The summed E-state index contributed by atoms with van der Waals surface area (Å²) in [6.45, 7) is 1.62. The van der Waals surface area contributed by atoms with Crippen LogP contribution in [-0.4, -0.2) is 26.8 Å². The van der Waals surface area contributed by atoms with E-state index in [0.29, 0.717) is 22.0 Å². The van der Waals surface area contributed by atoms with Gasteiger partial charge >= 0.3 is 0 Å². The Kier molecular flexibility index (Phi) is 4.61. The van der Waals surface area contributed by atoms with Crippen LogP contribution < -0.4 is 10.9 Å². The number of hydrogen-bond acceptors (Lipinski definition) is 3. The molecule has 1 aromatic heterocycles. The van der Waals surface area contributed by atoms with Crippen molar-refractivity contribution in [1.82, 2.24) is 10.2 Å². The number of fused-ring (bicyclic) bond motifs is 1. The Bertz CT molecular complexity index is 1050. The number of para-hydroxylation sites is 1. The molecule has 7 heteroatoms. The van der Waals surface area contributed by atoms with Crippen molar-refractivity contribution >= 4 is 23.2 Å². The van der Waals surface area contributed by atoms with Crippen LogP contribution in [-0.2, 0) is 11.2 Å². The number of aromatic amines is 2. The molecular weight excluding hydrogens is 378 g/mol. The summed E-state index contributed by atoms with van der Waals surface area (Å²) in [5.41, 5.74) is 0.806. The van der Waals surface area contributed by atoms with Gasteiger partial charge in [0.2, 0.25) is 5.91 Å². The summed E-state index contributed by atoms with van der Waals surface area (Å²) in [5.74, 6) is -1.82. The lowest BCUT2D eigenvalue weighted by molar-refractivity contribution is -0.130. The third kappa shape index (κ3) is 3.25. The van der Waals surface area contributed by atoms with E-state index in [1.54, 1.807) is 43.3 Å². The molecule has 144 valence electrons. The predicted molar refractivity (Wildman–Crippen MR) is 108 cm³/mol. The zero-order chi connectivity index (χ0) is 19.9. The number of H-pyrrole nitrogens is 2. The fourth-order valence-electron chi connectivity index (χ4n) is 4.07. The van der Waals surface area contributed by atoms with Crippen molar-refractivity contribution in [1.29, 1.82) is 0 Å². The summed E-state index contributed by atoms with van der Waals surface area (Å²) in [6.07, 6.45) is 0.165. The van der Waals surface area contributed by atoms with Gasteiger partial charge < -0.3 is 15.5 Å². The van der Waals surface area contributed by atoms with E-state index < -0.39 is 17.4 Å². The molecule has 0 unspecified atom stereocenters. The first-order valence-corrected chi connectivity index (χ1v) is 9.38. The van der Waals surface area contributed by atoms with Crippen molar-refractivity contribution in [2.24, 2.45) is 5.92 Å². The highest BCUT2D eigenvalue weighted by Gasteiger charge is 2.50. The average molecular weight is 398 g/mol. The lowest BCUT2D eigenvalue weighted by Crippen LogP contribution is -2.51. The van der Waals surface area contributed by atoms with Crippen molar-refractivity contribution in [2.45, 2.75) is 24.9 Å². The Morgan fingerprint density at radius 3 is 2.50 bits per heavy atom. The zero-order valence-electron chi connectivity index (χ0n) is 15.2. The predicted octanol–water partition coefficient (Wildman–Crippen LogP) is 3.05. The molecule has 1 heterocycles. The molecule has 28 heavy (non-hydrogen) atoms. The molecule has 1 amide bonds. The summed E-state index contributed by atoms with van der Waals surface area (Å²) in [4.78, 5) is 25.8. The number of amides is 1. The first-order chi connectivity index (χ1) is 13.4. The Morgan fingerprint density at radius 1 is 1.14 bits per heavy atom. The Balaban J connectivity index is 1.83. The molecule has 0 aliphatic heterocycles. The number of carbonyl (C=O) groups excluding carboxylic acids is 1. The third-order valence-electron chi connectivity index (χ3n) is 5.30. The van der Waals surface area contributed by atoms with E-state index in [0.717, 1.165) is 5.56 Å². The monoisotopic (exact) mass is 397 g/mol. The van der Waals surface area contributed by atoms with Gasteiger partial charge in [-0.2, -0.15) is 0 Å². The second-order valence-corrected chi connectivity index (χ2v) is 7.80. The largest absolute Gasteiger partial charge is 0.389 e. The molecule has 0 saturated heterocycles. The number of benzene rings is 2. The first-order valence-electron chi connectivity index (χ1n) is 9.00. The number of halogens is 1. The van der Waals surface area contributed by atoms with Crippen LogP contribution in [0.25, 0.3) is 0 Å². The van der Waals surface area contributed by atoms with Gasteiger partial charge in [0.1, 0.15) is 0 Å². The van der Waals surface area contributed by atoms with Crippen LogP contribution in [0, 0.1) is 5.92 Å². The molecule has 0 bridgehead atoms. The molecule has 4 rings (SSSR count). The van der Waals surface area contributed by atoms with Crippen LogP contribution >= 0.6 is 11.6 Å². The second-order valence-electron chi connectivity index (χ2n) is 7.37. The summed E-state index contributed by atoms with van der Waals surface area (Å²) in [5, 5.41) is 20.1. The van der Waals surface area contributed by atoms with Crippen molar-refractivity contribution in [2.75, 3.05) is 5.32 Å². The first kappa shape index (κ1) is 18.5. The quantitative estimate of drug-likeness (QED) is 0.546. The maximum absolute atomic E-state index is 13.3. The molecule has 6 nitrogen and oxygen atoms in total. The Labute approximate surface area is 166 Å². The molecule has 0 saturated carbocycles. The van der Waals surface area contributed by atoms with Gasteiger partial charge in [0.05, 0.1) is 11.5 Å². The number of carbonyl (C=O) groups is 1. The molecule has 2 aromatic carbocycles. The topological polar surface area (TPSA) is 98.0 Å². The lowest BCUT2D eigenvalue weighted by atomic mass is 9.66. The number of aliphatic hydroxyl groups is 1. The summed E-state index contributed by atoms with van der Waals surface area (Å²) in [7, 11) is 0. The average Bonchev–Trinajstić information content (AvgIpc) is 3.01. The summed E-state index contributed by atoms with van der Waals surface area (Å²) in [6, 6.07) is 16.1. The fourth-order valence-corrected chi connectivity index (χ4v) is 4.20. The molecule has 4 N–H and O–H groups in total. The van der Waals surface area contributed by atoms with E-state index in [9.17, 15) is 14.7 Å². The van der Waals surface area contributed by atoms with Crippen LogP contribution in [0.2, 0.25) is 5.02 Å². The van der Waals surface area contributed by atoms with Crippen molar-refractivity contribution in [3.05, 3.63) is 86.8 Å². The van der Waals surface area contributed by atoms with E-state index >= 15 is 0 Å². The number of anilines is 1. The van der Waals surface area contributed by atoms with Gasteiger partial charge in [0.25, 0.3) is 5.56 Å². The SMILES string of the molecule is C[C@]1(O)Cc2[nH][nH]c(=O)c2[C@@H](c2ccc(Cl)cc2)[C@@H]1C(=O)Nc1ccccc1. The van der Waals surface area contributed by atoms with Gasteiger partial charge in [-0.05, 0) is 36.8 Å². The number of hydrogen-bond donors (Lipinski definition) is 4. The van der Waals surface area contributed by atoms with Gasteiger partial charge in [-0.3, -0.25) is 14.7 Å². The molecule has 1 aliphatic rings. The van der Waals surface area contributed by atoms with Gasteiger partial charge in [-0.25, -0.2) is 0 Å². The third-order valence-corrected chi connectivity index (χ3v) is 5.55. The molecule has 1 aliphatic carbocycles. The van der Waals surface area contributed by atoms with Crippen molar-refractivity contribution in [3.8, 4) is 0 Å². The molecule has 3 aromatic rings. The lowest BCUT2D eigenvalue weighted by Gasteiger charge is -2.41. The van der Waals surface area contributed by atoms with Crippen LogP contribution in [0.5, 0.6) is 0 Å². The Hall–Kier alpha value is -2.83. The maximum atomic E-state index is 13.3. The van der Waals surface area contributed by atoms with E-state index in [2.05, 4.69) is 15.5 Å². The van der Waals surface area contributed by atoms with Crippen molar-refractivity contribution in [3.63, 3.8) is 0 Å². The van der Waals surface area contributed by atoms with Gasteiger partial charge in [0, 0.05) is 34.3 Å². The van der Waals surface area contributed by atoms with Gasteiger partial charge in [-0.1, -0.05) is 41.9 Å². The van der Waals surface area contributed by atoms with Crippen molar-refractivity contribution < 1.29 is 9.90 Å². The highest BCUT2D eigenvalue weighted by molar-refractivity contribution is 6.30. The molecule has 0 radical (unpaired) electrons. The van der Waals surface area contributed by atoms with Crippen LogP contribution in [0.1, 0.15) is 29.7 Å². The van der Waals surface area contributed by atoms with E-state index in [1.807, 2.05) is 18.2 Å². The summed E-state index contributed by atoms with van der Waals surface area (Å²) < 4.78 is 0. The Morgan fingerprint density at radius 2 is 1.82 bits per heavy atom. The van der Waals surface area contributed by atoms with E-state index in [4.69, 9.17) is 11.6 Å².